The third-order valence-corrected chi connectivity index (χ3v) is 4.79. The number of aromatic nitrogens is 2. The normalized spacial score (nSPS) is 11.7. The quantitative estimate of drug-likeness (QED) is 0.577. The molecule has 4 aromatic rings. The Balaban J connectivity index is 1.92. The molecule has 0 radical (unpaired) electrons. The van der Waals surface area contributed by atoms with Crippen molar-refractivity contribution in [2.24, 2.45) is 0 Å². The Morgan fingerprint density at radius 3 is 2.81 bits per heavy atom. The fraction of sp³-hybridized carbons (Fsp3) is 0.200. The number of hydrogen-bond acceptors (Lipinski definition) is 3. The SMILES string of the molecule is CN(C)CCNC(=O)c1cc2c3cc(Cl)ccc3[nH]c2c2ccncc12. The van der Waals surface area contributed by atoms with E-state index in [1.165, 1.54) is 0 Å². The van der Waals surface area contributed by atoms with Crippen LogP contribution in [0.5, 0.6) is 0 Å². The lowest BCUT2D eigenvalue weighted by Crippen LogP contribution is -2.31. The maximum atomic E-state index is 12.8. The summed E-state index contributed by atoms with van der Waals surface area (Å²) in [4.78, 5) is 22.5. The van der Waals surface area contributed by atoms with Crippen molar-refractivity contribution >= 4 is 50.1 Å². The molecule has 5 nitrogen and oxygen atoms in total. The van der Waals surface area contributed by atoms with Crippen molar-refractivity contribution in [2.75, 3.05) is 27.2 Å². The third kappa shape index (κ3) is 2.89. The number of halogens is 1. The molecule has 0 aliphatic carbocycles. The molecule has 4 rings (SSSR count). The van der Waals surface area contributed by atoms with Gasteiger partial charge in [0.15, 0.2) is 0 Å². The van der Waals surface area contributed by atoms with Crippen molar-refractivity contribution in [3.63, 3.8) is 0 Å². The summed E-state index contributed by atoms with van der Waals surface area (Å²) in [6, 6.07) is 9.61. The molecule has 0 fully saturated rings. The zero-order chi connectivity index (χ0) is 18.3. The Bertz CT molecular complexity index is 1130. The van der Waals surface area contributed by atoms with Crippen molar-refractivity contribution in [1.82, 2.24) is 20.2 Å². The van der Waals surface area contributed by atoms with Gasteiger partial charge in [-0.25, -0.2) is 0 Å². The molecule has 0 saturated carbocycles. The summed E-state index contributed by atoms with van der Waals surface area (Å²) in [6.07, 6.45) is 3.49. The van der Waals surface area contributed by atoms with Gasteiger partial charge in [-0.1, -0.05) is 11.6 Å². The summed E-state index contributed by atoms with van der Waals surface area (Å²) < 4.78 is 0. The molecule has 1 amide bonds. The molecule has 0 spiro atoms. The van der Waals surface area contributed by atoms with E-state index in [-0.39, 0.29) is 5.91 Å². The number of nitrogens with zero attached hydrogens (tertiary/aromatic N) is 2. The highest BCUT2D eigenvalue weighted by atomic mass is 35.5. The monoisotopic (exact) mass is 366 g/mol. The minimum Gasteiger partial charge on any atom is -0.354 e. The number of aromatic amines is 1. The minimum absolute atomic E-state index is 0.0943. The van der Waals surface area contributed by atoms with Gasteiger partial charge in [-0.05, 0) is 44.4 Å². The second kappa shape index (κ2) is 6.59. The summed E-state index contributed by atoms with van der Waals surface area (Å²) >= 11 is 6.19. The molecule has 2 aromatic carbocycles. The van der Waals surface area contributed by atoms with Gasteiger partial charge in [0.05, 0.1) is 5.52 Å². The Hall–Kier alpha value is -2.63. The fourth-order valence-corrected chi connectivity index (χ4v) is 3.44. The summed E-state index contributed by atoms with van der Waals surface area (Å²) in [5.74, 6) is -0.0943. The van der Waals surface area contributed by atoms with Crippen LogP contribution in [0.25, 0.3) is 32.6 Å². The number of carbonyl (C=O) groups excluding carboxylic acids is 1. The van der Waals surface area contributed by atoms with Gasteiger partial charge in [-0.3, -0.25) is 9.78 Å². The van der Waals surface area contributed by atoms with Crippen LogP contribution in [0.3, 0.4) is 0 Å². The first-order chi connectivity index (χ1) is 12.5. The number of nitrogens with one attached hydrogen (secondary N) is 2. The molecule has 0 saturated heterocycles. The molecule has 6 heteroatoms. The number of amides is 1. The van der Waals surface area contributed by atoms with E-state index in [0.717, 1.165) is 39.1 Å². The van der Waals surface area contributed by atoms with Gasteiger partial charge < -0.3 is 15.2 Å². The standard InChI is InChI=1S/C20H19ClN4O/c1-25(2)8-7-23-20(26)16-10-15-14-9-12(21)3-4-18(14)24-19(15)13-5-6-22-11-17(13)16/h3-6,9-11,24H,7-8H2,1-2H3,(H,23,26). The maximum Gasteiger partial charge on any atom is 0.252 e. The first-order valence-electron chi connectivity index (χ1n) is 8.45. The van der Waals surface area contributed by atoms with Gasteiger partial charge in [0.1, 0.15) is 0 Å². The number of likely N-dealkylation sites (N-methyl/N-ethyl adjacent to an activating group) is 1. The van der Waals surface area contributed by atoms with E-state index < -0.39 is 0 Å². The Kier molecular flexibility index (Phi) is 4.26. The number of carbonyl (C=O) groups is 1. The third-order valence-electron chi connectivity index (χ3n) is 4.56. The maximum absolute atomic E-state index is 12.8. The molecule has 2 aromatic heterocycles. The summed E-state index contributed by atoms with van der Waals surface area (Å²) in [7, 11) is 3.96. The number of pyridine rings is 1. The van der Waals surface area contributed by atoms with Gasteiger partial charge in [0, 0.05) is 63.1 Å². The van der Waals surface area contributed by atoms with Gasteiger partial charge in [-0.15, -0.1) is 0 Å². The lowest BCUT2D eigenvalue weighted by Gasteiger charge is -2.12. The Labute approximate surface area is 156 Å². The van der Waals surface area contributed by atoms with Crippen LogP contribution >= 0.6 is 11.6 Å². The van der Waals surface area contributed by atoms with Crippen molar-refractivity contribution < 1.29 is 4.79 Å². The van der Waals surface area contributed by atoms with Crippen molar-refractivity contribution in [3.05, 3.63) is 53.3 Å². The lowest BCUT2D eigenvalue weighted by molar-refractivity contribution is 0.0953. The lowest BCUT2D eigenvalue weighted by atomic mass is 10.0. The highest BCUT2D eigenvalue weighted by molar-refractivity contribution is 6.32. The van der Waals surface area contributed by atoms with E-state index in [4.69, 9.17) is 11.6 Å². The minimum atomic E-state index is -0.0943. The zero-order valence-corrected chi connectivity index (χ0v) is 15.4. The van der Waals surface area contributed by atoms with Crippen LogP contribution < -0.4 is 5.32 Å². The first-order valence-corrected chi connectivity index (χ1v) is 8.83. The summed E-state index contributed by atoms with van der Waals surface area (Å²) in [6.45, 7) is 1.37. The van der Waals surface area contributed by atoms with Gasteiger partial charge in [0.25, 0.3) is 5.91 Å². The predicted octanol–water partition coefficient (Wildman–Crippen LogP) is 3.81. The van der Waals surface area contributed by atoms with Crippen LogP contribution in [0, 0.1) is 0 Å². The number of H-pyrrole nitrogens is 1. The molecule has 0 aliphatic heterocycles. The van der Waals surface area contributed by atoms with Crippen molar-refractivity contribution in [2.45, 2.75) is 0 Å². The highest BCUT2D eigenvalue weighted by Crippen LogP contribution is 2.34. The molecule has 0 unspecified atom stereocenters. The molecule has 2 heterocycles. The van der Waals surface area contributed by atoms with E-state index in [2.05, 4.69) is 15.3 Å². The summed E-state index contributed by atoms with van der Waals surface area (Å²) in [5.41, 5.74) is 2.61. The number of hydrogen-bond donors (Lipinski definition) is 2. The topological polar surface area (TPSA) is 61.0 Å². The molecule has 0 bridgehead atoms. The fourth-order valence-electron chi connectivity index (χ4n) is 3.27. The number of fused-ring (bicyclic) bond motifs is 5. The molecule has 0 atom stereocenters. The molecule has 2 N–H and O–H groups in total. The second-order valence-electron chi connectivity index (χ2n) is 6.64. The summed E-state index contributed by atoms with van der Waals surface area (Å²) in [5, 5.41) is 7.47. The second-order valence-corrected chi connectivity index (χ2v) is 7.08. The van der Waals surface area contributed by atoms with E-state index >= 15 is 0 Å². The Morgan fingerprint density at radius 1 is 1.15 bits per heavy atom. The smallest absolute Gasteiger partial charge is 0.252 e. The average molecular weight is 367 g/mol. The van der Waals surface area contributed by atoms with Crippen LogP contribution in [-0.2, 0) is 0 Å². The number of benzene rings is 2. The first kappa shape index (κ1) is 16.8. The van der Waals surface area contributed by atoms with Gasteiger partial charge >= 0.3 is 0 Å². The average Bonchev–Trinajstić information content (AvgIpc) is 2.98. The molecule has 0 aliphatic rings. The highest BCUT2D eigenvalue weighted by Gasteiger charge is 2.16. The molecule has 26 heavy (non-hydrogen) atoms. The van der Waals surface area contributed by atoms with Crippen molar-refractivity contribution in [1.29, 1.82) is 0 Å². The van der Waals surface area contributed by atoms with E-state index in [0.29, 0.717) is 17.1 Å². The molecule has 132 valence electrons. The van der Waals surface area contributed by atoms with Crippen LogP contribution in [0.4, 0.5) is 0 Å². The van der Waals surface area contributed by atoms with Crippen molar-refractivity contribution in [3.8, 4) is 0 Å². The van der Waals surface area contributed by atoms with Gasteiger partial charge in [-0.2, -0.15) is 0 Å². The Morgan fingerprint density at radius 2 is 2.00 bits per heavy atom. The van der Waals surface area contributed by atoms with Gasteiger partial charge in [0.2, 0.25) is 0 Å². The van der Waals surface area contributed by atoms with E-state index in [9.17, 15) is 4.79 Å². The zero-order valence-electron chi connectivity index (χ0n) is 14.6. The molecular formula is C20H19ClN4O. The van der Waals surface area contributed by atoms with Crippen LogP contribution in [-0.4, -0.2) is 48.0 Å². The number of rotatable bonds is 4. The van der Waals surface area contributed by atoms with Crippen LogP contribution in [0.2, 0.25) is 5.02 Å². The molecular weight excluding hydrogens is 348 g/mol. The van der Waals surface area contributed by atoms with E-state index in [1.807, 2.05) is 49.3 Å². The predicted molar refractivity (Wildman–Crippen MR) is 107 cm³/mol. The van der Waals surface area contributed by atoms with E-state index in [1.54, 1.807) is 12.4 Å². The van der Waals surface area contributed by atoms with Crippen LogP contribution in [0.15, 0.2) is 42.7 Å². The van der Waals surface area contributed by atoms with Crippen LogP contribution in [0.1, 0.15) is 10.4 Å². The largest absolute Gasteiger partial charge is 0.354 e.